The molecule has 0 aliphatic rings. The van der Waals surface area contributed by atoms with Crippen LogP contribution < -0.4 is 5.73 Å². The number of hydrogen-bond acceptors (Lipinski definition) is 5. The Hall–Kier alpha value is -3.81. The van der Waals surface area contributed by atoms with E-state index in [4.69, 9.17) is 10.3 Å². The Balaban J connectivity index is 2.24. The summed E-state index contributed by atoms with van der Waals surface area (Å²) in [5.74, 6) is 0.0836. The molecule has 0 bridgehead atoms. The average Bonchev–Trinajstić information content (AvgIpc) is 3.17. The molecule has 4 N–H and O–H groups in total. The van der Waals surface area contributed by atoms with E-state index < -0.39 is 5.82 Å². The lowest BCUT2D eigenvalue weighted by molar-refractivity contribution is 0.318. The minimum absolute atomic E-state index is 0.0990. The first-order valence-electron chi connectivity index (χ1n) is 8.47. The summed E-state index contributed by atoms with van der Waals surface area (Å²) in [4.78, 5) is 0. The van der Waals surface area contributed by atoms with Crippen LogP contribution in [0.3, 0.4) is 0 Å². The second-order valence-corrected chi connectivity index (χ2v) is 6.42. The molecule has 28 heavy (non-hydrogen) atoms. The van der Waals surface area contributed by atoms with Gasteiger partial charge in [0.15, 0.2) is 5.84 Å². The SMILES string of the molecule is Cc1noc(C)c1-c1c(C(N)=NO)c2ccc(F)cc2n1-c1ccc(O)cc1. The molecule has 0 atom stereocenters. The molecule has 2 aromatic heterocycles. The molecule has 0 aliphatic heterocycles. The highest BCUT2D eigenvalue weighted by Gasteiger charge is 2.27. The maximum absolute atomic E-state index is 14.1. The number of phenols is 1. The Kier molecular flexibility index (Phi) is 4.03. The van der Waals surface area contributed by atoms with Crippen LogP contribution in [0.25, 0.3) is 27.8 Å². The van der Waals surface area contributed by atoms with Gasteiger partial charge in [0.2, 0.25) is 0 Å². The minimum Gasteiger partial charge on any atom is -0.508 e. The van der Waals surface area contributed by atoms with Gasteiger partial charge in [0.05, 0.1) is 28.0 Å². The van der Waals surface area contributed by atoms with Gasteiger partial charge in [0, 0.05) is 11.1 Å². The van der Waals surface area contributed by atoms with Crippen LogP contribution in [-0.4, -0.2) is 25.9 Å². The molecule has 0 saturated heterocycles. The molecule has 8 heteroatoms. The van der Waals surface area contributed by atoms with E-state index in [0.29, 0.717) is 44.9 Å². The van der Waals surface area contributed by atoms with Crippen molar-refractivity contribution >= 4 is 16.7 Å². The van der Waals surface area contributed by atoms with Crippen LogP contribution in [0.1, 0.15) is 17.0 Å². The summed E-state index contributed by atoms with van der Waals surface area (Å²) in [5, 5.41) is 26.8. The number of halogens is 1. The molecule has 7 nitrogen and oxygen atoms in total. The normalized spacial score (nSPS) is 12.0. The summed E-state index contributed by atoms with van der Waals surface area (Å²) < 4.78 is 21.2. The van der Waals surface area contributed by atoms with Crippen LogP contribution >= 0.6 is 0 Å². The third kappa shape index (κ3) is 2.58. The smallest absolute Gasteiger partial charge is 0.172 e. The van der Waals surface area contributed by atoms with E-state index in [0.717, 1.165) is 0 Å². The highest BCUT2D eigenvalue weighted by Crippen LogP contribution is 2.39. The average molecular weight is 380 g/mol. The fraction of sp³-hybridized carbons (Fsp3) is 0.100. The molecule has 0 fully saturated rings. The Morgan fingerprint density at radius 1 is 1.18 bits per heavy atom. The first-order valence-corrected chi connectivity index (χ1v) is 8.47. The quantitative estimate of drug-likeness (QED) is 0.216. The van der Waals surface area contributed by atoms with Gasteiger partial charge in [-0.05, 0) is 56.3 Å². The van der Waals surface area contributed by atoms with E-state index in [2.05, 4.69) is 10.3 Å². The van der Waals surface area contributed by atoms with Crippen LogP contribution in [0.5, 0.6) is 5.75 Å². The Morgan fingerprint density at radius 3 is 2.50 bits per heavy atom. The Labute approximate surface area is 159 Å². The zero-order valence-corrected chi connectivity index (χ0v) is 15.1. The third-order valence-electron chi connectivity index (χ3n) is 4.67. The molecular weight excluding hydrogens is 363 g/mol. The molecule has 0 amide bonds. The summed E-state index contributed by atoms with van der Waals surface area (Å²) in [6, 6.07) is 10.7. The number of amidine groups is 1. The van der Waals surface area contributed by atoms with Crippen molar-refractivity contribution in [1.82, 2.24) is 9.72 Å². The molecule has 142 valence electrons. The monoisotopic (exact) mass is 380 g/mol. The highest BCUT2D eigenvalue weighted by molar-refractivity contribution is 6.15. The largest absolute Gasteiger partial charge is 0.508 e. The van der Waals surface area contributed by atoms with Gasteiger partial charge in [0.25, 0.3) is 0 Å². The minimum atomic E-state index is -0.429. The number of fused-ring (bicyclic) bond motifs is 1. The fourth-order valence-corrected chi connectivity index (χ4v) is 3.50. The zero-order valence-electron chi connectivity index (χ0n) is 15.1. The highest BCUT2D eigenvalue weighted by atomic mass is 19.1. The number of nitrogens with two attached hydrogens (primary N) is 1. The lowest BCUT2D eigenvalue weighted by Crippen LogP contribution is -2.14. The number of phenolic OH excluding ortho intramolecular Hbond substituents is 1. The second kappa shape index (κ2) is 6.41. The molecule has 0 spiro atoms. The number of aromatic hydroxyl groups is 1. The molecule has 0 saturated carbocycles. The van der Waals surface area contributed by atoms with Gasteiger partial charge in [-0.15, -0.1) is 0 Å². The summed E-state index contributed by atoms with van der Waals surface area (Å²) >= 11 is 0. The van der Waals surface area contributed by atoms with E-state index in [1.807, 2.05) is 0 Å². The molecule has 0 radical (unpaired) electrons. The first kappa shape index (κ1) is 17.6. The molecule has 0 aliphatic carbocycles. The van der Waals surface area contributed by atoms with Crippen molar-refractivity contribution in [3.8, 4) is 22.7 Å². The van der Waals surface area contributed by atoms with Crippen molar-refractivity contribution in [3.63, 3.8) is 0 Å². The number of hydrogen-bond donors (Lipinski definition) is 3. The third-order valence-corrected chi connectivity index (χ3v) is 4.67. The zero-order chi connectivity index (χ0) is 20.0. The molecule has 0 unspecified atom stereocenters. The van der Waals surface area contributed by atoms with E-state index in [9.17, 15) is 14.7 Å². The van der Waals surface area contributed by atoms with Crippen LogP contribution in [0, 0.1) is 19.7 Å². The number of benzene rings is 2. The summed E-state index contributed by atoms with van der Waals surface area (Å²) in [6.45, 7) is 3.53. The predicted molar refractivity (Wildman–Crippen MR) is 102 cm³/mol. The van der Waals surface area contributed by atoms with E-state index in [-0.39, 0.29) is 11.6 Å². The van der Waals surface area contributed by atoms with Gasteiger partial charge in [-0.2, -0.15) is 0 Å². The number of nitrogens with zero attached hydrogens (tertiary/aromatic N) is 3. The van der Waals surface area contributed by atoms with Gasteiger partial charge < -0.3 is 25.1 Å². The van der Waals surface area contributed by atoms with Gasteiger partial charge >= 0.3 is 0 Å². The second-order valence-electron chi connectivity index (χ2n) is 6.42. The number of rotatable bonds is 3. The first-order chi connectivity index (χ1) is 13.4. The maximum Gasteiger partial charge on any atom is 0.172 e. The van der Waals surface area contributed by atoms with Gasteiger partial charge in [-0.25, -0.2) is 4.39 Å². The van der Waals surface area contributed by atoms with E-state index in [1.54, 1.807) is 36.6 Å². The van der Waals surface area contributed by atoms with Gasteiger partial charge in [0.1, 0.15) is 17.3 Å². The van der Waals surface area contributed by atoms with Crippen LogP contribution in [0.4, 0.5) is 4.39 Å². The van der Waals surface area contributed by atoms with Crippen molar-refractivity contribution < 1.29 is 19.2 Å². The van der Waals surface area contributed by atoms with Crippen molar-refractivity contribution in [2.75, 3.05) is 0 Å². The summed E-state index contributed by atoms with van der Waals surface area (Å²) in [5.41, 5.74) is 9.44. The molecule has 4 rings (SSSR count). The number of oxime groups is 1. The molecule has 2 heterocycles. The van der Waals surface area contributed by atoms with Crippen molar-refractivity contribution in [2.45, 2.75) is 13.8 Å². The summed E-state index contributed by atoms with van der Waals surface area (Å²) in [7, 11) is 0. The Morgan fingerprint density at radius 2 is 1.89 bits per heavy atom. The van der Waals surface area contributed by atoms with Crippen molar-refractivity contribution in [3.05, 3.63) is 65.3 Å². The van der Waals surface area contributed by atoms with Gasteiger partial charge in [-0.3, -0.25) is 0 Å². The molecule has 2 aromatic carbocycles. The van der Waals surface area contributed by atoms with Crippen molar-refractivity contribution in [2.24, 2.45) is 10.9 Å². The molecule has 4 aromatic rings. The predicted octanol–water partition coefficient (Wildman–Crippen LogP) is 3.84. The lowest BCUT2D eigenvalue weighted by atomic mass is 10.0. The van der Waals surface area contributed by atoms with Crippen molar-refractivity contribution in [1.29, 1.82) is 0 Å². The van der Waals surface area contributed by atoms with Gasteiger partial charge in [-0.1, -0.05) is 10.3 Å². The summed E-state index contributed by atoms with van der Waals surface area (Å²) in [6.07, 6.45) is 0. The van der Waals surface area contributed by atoms with Crippen LogP contribution in [0.2, 0.25) is 0 Å². The maximum atomic E-state index is 14.1. The van der Waals surface area contributed by atoms with Crippen LogP contribution in [-0.2, 0) is 0 Å². The number of aromatic nitrogens is 2. The topological polar surface area (TPSA) is 110 Å². The van der Waals surface area contributed by atoms with E-state index in [1.165, 1.54) is 24.3 Å². The fourth-order valence-electron chi connectivity index (χ4n) is 3.50. The van der Waals surface area contributed by atoms with E-state index >= 15 is 0 Å². The van der Waals surface area contributed by atoms with Crippen LogP contribution in [0.15, 0.2) is 52.1 Å². The number of aryl methyl sites for hydroxylation is 2. The molecular formula is C20H17FN4O3. The Bertz CT molecular complexity index is 1200. The standard InChI is InChI=1S/C20H17FN4O3/c1-10-17(11(2)28-24-10)19-18(20(22)23-27)15-8-3-12(21)9-16(15)25(19)13-4-6-14(26)7-5-13/h3-9,26-27H,1-2H3,(H2,22,23). The lowest BCUT2D eigenvalue weighted by Gasteiger charge is -2.12.